The Morgan fingerprint density at radius 1 is 0.317 bits per heavy atom. The van der Waals surface area contributed by atoms with Gasteiger partial charge >= 0.3 is 0 Å². The molecule has 3 heteroatoms. The van der Waals surface area contributed by atoms with Gasteiger partial charge in [-0.25, -0.2) is 15.0 Å². The van der Waals surface area contributed by atoms with Crippen molar-refractivity contribution < 1.29 is 0 Å². The highest BCUT2D eigenvalue weighted by molar-refractivity contribution is 6.07. The van der Waals surface area contributed by atoms with E-state index >= 15 is 0 Å². The monoisotopic (exact) mass is 763 g/mol. The van der Waals surface area contributed by atoms with Crippen LogP contribution in [0.5, 0.6) is 0 Å². The molecule has 0 aliphatic heterocycles. The quantitative estimate of drug-likeness (QED) is 0.175. The van der Waals surface area contributed by atoms with Crippen LogP contribution >= 0.6 is 0 Å². The maximum Gasteiger partial charge on any atom is 0.160 e. The Balaban J connectivity index is 1.08. The number of pyridine rings is 1. The minimum Gasteiger partial charge on any atom is -0.247 e. The molecule has 2 aliphatic rings. The molecule has 0 radical (unpaired) electrons. The molecule has 0 bridgehead atoms. The molecular weight excluding hydrogens is 727 g/mol. The fourth-order valence-electron chi connectivity index (χ4n) is 10.1. The lowest BCUT2D eigenvalue weighted by Crippen LogP contribution is -2.26. The largest absolute Gasteiger partial charge is 0.247 e. The summed E-state index contributed by atoms with van der Waals surface area (Å²) in [6.07, 6.45) is 0. The first-order valence-electron chi connectivity index (χ1n) is 20.6. The highest BCUT2D eigenvalue weighted by Gasteiger charge is 2.53. The van der Waals surface area contributed by atoms with Crippen molar-refractivity contribution in [2.45, 2.75) is 12.3 Å². The molecule has 0 saturated heterocycles. The Morgan fingerprint density at radius 2 is 0.800 bits per heavy atom. The van der Waals surface area contributed by atoms with E-state index in [1.807, 2.05) is 12.1 Å². The molecule has 2 aliphatic carbocycles. The SMILES string of the molecule is Cc1c(-c2ccccc2)nc(-c2cccc(-c3ccc4c(c3)C3(c5ccccc5-4)c4ccccc4-c4nc(-c5ccccc5)c5ccccc5c43)c2)nc1-c1ccccc1. The van der Waals surface area contributed by atoms with E-state index in [0.717, 1.165) is 67.1 Å². The summed E-state index contributed by atoms with van der Waals surface area (Å²) in [7, 11) is 0. The third-order valence-electron chi connectivity index (χ3n) is 12.7. The van der Waals surface area contributed by atoms with Crippen molar-refractivity contribution in [1.82, 2.24) is 15.0 Å². The van der Waals surface area contributed by atoms with Gasteiger partial charge in [0.15, 0.2) is 5.82 Å². The first-order valence-corrected chi connectivity index (χ1v) is 20.6. The zero-order valence-electron chi connectivity index (χ0n) is 33.0. The molecule has 0 fully saturated rings. The average Bonchev–Trinajstić information content (AvgIpc) is 3.79. The van der Waals surface area contributed by atoms with Gasteiger partial charge in [-0.3, -0.25) is 0 Å². The van der Waals surface area contributed by atoms with Crippen LogP contribution in [-0.2, 0) is 5.41 Å². The molecule has 1 spiro atoms. The Hall–Kier alpha value is -7.75. The van der Waals surface area contributed by atoms with Crippen LogP contribution in [0.25, 0.3) is 89.4 Å². The first kappa shape index (κ1) is 34.3. The molecule has 1 atom stereocenters. The minimum absolute atomic E-state index is 0.567. The predicted molar refractivity (Wildman–Crippen MR) is 246 cm³/mol. The van der Waals surface area contributed by atoms with Gasteiger partial charge in [-0.05, 0) is 63.4 Å². The van der Waals surface area contributed by atoms with E-state index in [9.17, 15) is 0 Å². The summed E-state index contributed by atoms with van der Waals surface area (Å²) >= 11 is 0. The number of aromatic nitrogens is 3. The van der Waals surface area contributed by atoms with Crippen molar-refractivity contribution in [2.24, 2.45) is 0 Å². The molecule has 2 aromatic heterocycles. The van der Waals surface area contributed by atoms with Crippen LogP contribution in [0, 0.1) is 6.92 Å². The van der Waals surface area contributed by atoms with Crippen LogP contribution in [0.4, 0.5) is 0 Å². The van der Waals surface area contributed by atoms with E-state index in [1.165, 1.54) is 44.3 Å². The molecule has 60 heavy (non-hydrogen) atoms. The first-order chi connectivity index (χ1) is 29.7. The van der Waals surface area contributed by atoms with E-state index in [-0.39, 0.29) is 0 Å². The fourth-order valence-corrected chi connectivity index (χ4v) is 10.1. The molecule has 10 aromatic rings. The second-order valence-corrected chi connectivity index (χ2v) is 15.9. The van der Waals surface area contributed by atoms with Gasteiger partial charge in [0, 0.05) is 44.3 Å². The summed E-state index contributed by atoms with van der Waals surface area (Å²) in [5.74, 6) is 0.704. The van der Waals surface area contributed by atoms with Gasteiger partial charge in [-0.2, -0.15) is 0 Å². The summed E-state index contributed by atoms with van der Waals surface area (Å²) in [6.45, 7) is 2.13. The number of fused-ring (bicyclic) bond motifs is 12. The second-order valence-electron chi connectivity index (χ2n) is 15.9. The van der Waals surface area contributed by atoms with E-state index < -0.39 is 5.41 Å². The number of rotatable bonds is 5. The lowest BCUT2D eigenvalue weighted by molar-refractivity contribution is 0.800. The van der Waals surface area contributed by atoms with Crippen LogP contribution in [0.1, 0.15) is 27.8 Å². The Bertz CT molecular complexity index is 3260. The smallest absolute Gasteiger partial charge is 0.160 e. The van der Waals surface area contributed by atoms with E-state index in [0.29, 0.717) is 5.82 Å². The minimum atomic E-state index is -0.567. The summed E-state index contributed by atoms with van der Waals surface area (Å²) in [4.78, 5) is 16.2. The summed E-state index contributed by atoms with van der Waals surface area (Å²) < 4.78 is 0. The molecule has 3 nitrogen and oxygen atoms in total. The molecule has 0 saturated carbocycles. The molecule has 280 valence electrons. The molecule has 2 heterocycles. The zero-order chi connectivity index (χ0) is 39.8. The highest BCUT2D eigenvalue weighted by Crippen LogP contribution is 2.64. The van der Waals surface area contributed by atoms with Gasteiger partial charge in [-0.15, -0.1) is 0 Å². The molecular formula is C57H37N3. The van der Waals surface area contributed by atoms with Crippen LogP contribution < -0.4 is 0 Å². The molecule has 0 amide bonds. The van der Waals surface area contributed by atoms with Crippen molar-refractivity contribution in [2.75, 3.05) is 0 Å². The molecule has 8 aromatic carbocycles. The van der Waals surface area contributed by atoms with Crippen LogP contribution in [0.15, 0.2) is 206 Å². The van der Waals surface area contributed by atoms with Gasteiger partial charge < -0.3 is 0 Å². The van der Waals surface area contributed by atoms with E-state index in [1.54, 1.807) is 0 Å². The maximum absolute atomic E-state index is 5.63. The van der Waals surface area contributed by atoms with E-state index in [4.69, 9.17) is 15.0 Å². The molecule has 0 N–H and O–H groups in total. The van der Waals surface area contributed by atoms with Crippen LogP contribution in [-0.4, -0.2) is 15.0 Å². The topological polar surface area (TPSA) is 38.7 Å². The lowest BCUT2D eigenvalue weighted by atomic mass is 9.69. The number of hydrogen-bond acceptors (Lipinski definition) is 3. The van der Waals surface area contributed by atoms with Gasteiger partial charge in [0.2, 0.25) is 0 Å². The zero-order valence-corrected chi connectivity index (χ0v) is 33.0. The van der Waals surface area contributed by atoms with E-state index in [2.05, 4.69) is 201 Å². The fraction of sp³-hybridized carbons (Fsp3) is 0.0351. The van der Waals surface area contributed by atoms with Crippen molar-refractivity contribution in [3.05, 3.63) is 234 Å². The van der Waals surface area contributed by atoms with Gasteiger partial charge in [0.1, 0.15) is 0 Å². The third kappa shape index (κ3) is 4.99. The number of nitrogens with zero attached hydrogens (tertiary/aromatic N) is 3. The summed E-state index contributed by atoms with van der Waals surface area (Å²) in [5, 5.41) is 2.39. The molecule has 1 unspecified atom stereocenters. The van der Waals surface area contributed by atoms with Gasteiger partial charge in [0.05, 0.1) is 28.2 Å². The maximum atomic E-state index is 5.63. The number of hydrogen-bond donors (Lipinski definition) is 0. The normalized spacial score (nSPS) is 14.5. The van der Waals surface area contributed by atoms with Crippen LogP contribution in [0.3, 0.4) is 0 Å². The Kier molecular flexibility index (Phi) is 7.66. The van der Waals surface area contributed by atoms with Crippen LogP contribution in [0.2, 0.25) is 0 Å². The Labute approximate surface area is 349 Å². The number of benzene rings is 8. The van der Waals surface area contributed by atoms with Gasteiger partial charge in [-0.1, -0.05) is 194 Å². The highest BCUT2D eigenvalue weighted by atomic mass is 14.9. The van der Waals surface area contributed by atoms with Gasteiger partial charge in [0.25, 0.3) is 0 Å². The van der Waals surface area contributed by atoms with Crippen molar-refractivity contribution in [1.29, 1.82) is 0 Å². The summed E-state index contributed by atoms with van der Waals surface area (Å²) in [6, 6.07) is 74.1. The predicted octanol–water partition coefficient (Wildman–Crippen LogP) is 14.0. The van der Waals surface area contributed by atoms with Crippen molar-refractivity contribution >= 4 is 10.8 Å². The average molecular weight is 764 g/mol. The second kappa shape index (κ2) is 13.4. The Morgan fingerprint density at radius 3 is 1.47 bits per heavy atom. The summed E-state index contributed by atoms with van der Waals surface area (Å²) in [5.41, 5.74) is 19.8. The molecule has 12 rings (SSSR count). The van der Waals surface area contributed by atoms with Crippen molar-refractivity contribution in [3.63, 3.8) is 0 Å². The standard InChI is InChI=1S/C57H37N3/c1-36-52(37-18-5-2-6-19-37)59-56(60-53(36)38-20-7-3-8-21-38)42-25-17-24-40(34-42)41-32-33-44-43-26-13-15-30-48(43)57(50(44)35-41)49-31-16-14-29-47(49)55-51(57)45-27-11-12-28-46(45)54(58-55)39-22-9-4-10-23-39/h2-35H,1H3. The third-order valence-corrected chi connectivity index (χ3v) is 12.7. The van der Waals surface area contributed by atoms with Crippen molar-refractivity contribution in [3.8, 4) is 78.7 Å². The lowest BCUT2D eigenvalue weighted by Gasteiger charge is -2.31.